The molecule has 0 bridgehead atoms. The molecule has 0 amide bonds. The molecule has 2 atom stereocenters. The number of aliphatic hydroxyl groups is 1. The number of rotatable bonds is 2. The van der Waals surface area contributed by atoms with Gasteiger partial charge < -0.3 is 5.11 Å². The van der Waals surface area contributed by atoms with E-state index in [1.165, 1.54) is 18.2 Å². The van der Waals surface area contributed by atoms with Gasteiger partial charge in [-0.1, -0.05) is 26.8 Å². The zero-order chi connectivity index (χ0) is 14.3. The van der Waals surface area contributed by atoms with Crippen molar-refractivity contribution >= 4 is 0 Å². The van der Waals surface area contributed by atoms with Crippen LogP contribution in [0.2, 0.25) is 0 Å². The van der Waals surface area contributed by atoms with Crippen LogP contribution in [0.15, 0.2) is 18.2 Å². The van der Waals surface area contributed by atoms with Crippen LogP contribution in [0, 0.1) is 23.0 Å². The zero-order valence-corrected chi connectivity index (χ0v) is 11.8. The molecule has 0 radical (unpaired) electrons. The molecule has 1 aliphatic rings. The second-order valence-corrected chi connectivity index (χ2v) is 6.96. The first kappa shape index (κ1) is 14.4. The minimum atomic E-state index is -1.01. The highest BCUT2D eigenvalue weighted by molar-refractivity contribution is 5.22. The molecule has 1 aliphatic carbocycles. The Labute approximate surface area is 113 Å². The van der Waals surface area contributed by atoms with E-state index in [1.54, 1.807) is 0 Å². The van der Waals surface area contributed by atoms with Gasteiger partial charge in [0.1, 0.15) is 11.6 Å². The lowest BCUT2D eigenvalue weighted by Gasteiger charge is -2.44. The summed E-state index contributed by atoms with van der Waals surface area (Å²) in [5.41, 5.74) is -0.992. The van der Waals surface area contributed by atoms with Gasteiger partial charge in [0.15, 0.2) is 0 Å². The second kappa shape index (κ2) is 4.86. The summed E-state index contributed by atoms with van der Waals surface area (Å²) in [5, 5.41) is 10.7. The minimum absolute atomic E-state index is 0.00808. The van der Waals surface area contributed by atoms with E-state index in [4.69, 9.17) is 0 Å². The molecule has 2 unspecified atom stereocenters. The van der Waals surface area contributed by atoms with E-state index in [1.807, 2.05) is 0 Å². The normalized spacial score (nSPS) is 30.3. The second-order valence-electron chi connectivity index (χ2n) is 6.96. The van der Waals surface area contributed by atoms with E-state index in [-0.39, 0.29) is 17.4 Å². The van der Waals surface area contributed by atoms with E-state index in [0.717, 1.165) is 6.42 Å². The molecular formula is C16H22F2O. The Morgan fingerprint density at radius 2 is 1.79 bits per heavy atom. The van der Waals surface area contributed by atoms with Gasteiger partial charge in [0.2, 0.25) is 0 Å². The topological polar surface area (TPSA) is 20.2 Å². The third-order valence-corrected chi connectivity index (χ3v) is 4.00. The lowest BCUT2D eigenvalue weighted by Crippen LogP contribution is -2.44. The Balaban J connectivity index is 2.26. The van der Waals surface area contributed by atoms with Gasteiger partial charge in [-0.25, -0.2) is 8.78 Å². The zero-order valence-electron chi connectivity index (χ0n) is 11.8. The maximum Gasteiger partial charge on any atom is 0.129 e. The molecule has 1 N–H and O–H groups in total. The number of hydrogen-bond acceptors (Lipinski definition) is 1. The molecular weight excluding hydrogens is 246 g/mol. The van der Waals surface area contributed by atoms with Gasteiger partial charge in [0.25, 0.3) is 0 Å². The molecule has 2 rings (SSSR count). The van der Waals surface area contributed by atoms with Crippen LogP contribution in [0.4, 0.5) is 8.78 Å². The average molecular weight is 268 g/mol. The summed E-state index contributed by atoms with van der Waals surface area (Å²) in [6, 6.07) is 3.85. The summed E-state index contributed by atoms with van der Waals surface area (Å²) in [6.45, 7) is 6.29. The van der Waals surface area contributed by atoms with Crippen LogP contribution in [0.25, 0.3) is 0 Å². The van der Waals surface area contributed by atoms with Crippen molar-refractivity contribution < 1.29 is 13.9 Å². The van der Waals surface area contributed by atoms with Gasteiger partial charge >= 0.3 is 0 Å². The van der Waals surface area contributed by atoms with E-state index in [0.29, 0.717) is 18.8 Å². The van der Waals surface area contributed by atoms with Crippen LogP contribution >= 0.6 is 0 Å². The van der Waals surface area contributed by atoms with Gasteiger partial charge in [0, 0.05) is 12.0 Å². The van der Waals surface area contributed by atoms with Gasteiger partial charge in [-0.05, 0) is 42.7 Å². The summed E-state index contributed by atoms with van der Waals surface area (Å²) in [6.07, 6.45) is 2.27. The molecule has 0 heterocycles. The molecule has 19 heavy (non-hydrogen) atoms. The lowest BCUT2D eigenvalue weighted by molar-refractivity contribution is -0.0584. The van der Waals surface area contributed by atoms with E-state index in [2.05, 4.69) is 20.8 Å². The molecule has 1 nitrogen and oxygen atoms in total. The highest BCUT2D eigenvalue weighted by Gasteiger charge is 2.42. The first-order valence-electron chi connectivity index (χ1n) is 6.86. The van der Waals surface area contributed by atoms with Crippen LogP contribution in [-0.2, 0) is 6.42 Å². The van der Waals surface area contributed by atoms with Crippen LogP contribution in [-0.4, -0.2) is 10.7 Å². The van der Waals surface area contributed by atoms with E-state index in [9.17, 15) is 13.9 Å². The smallest absolute Gasteiger partial charge is 0.129 e. The standard InChI is InChI=1S/C16H22F2O/c1-11-7-15(2,3)10-16(19,8-11)9-12-13(17)5-4-6-14(12)18/h4-6,11,19H,7-10H2,1-3H3. The molecule has 3 heteroatoms. The van der Waals surface area contributed by atoms with Crippen LogP contribution in [0.1, 0.15) is 45.6 Å². The SMILES string of the molecule is CC1CC(C)(C)CC(O)(Cc2c(F)cccc2F)C1. The summed E-state index contributed by atoms with van der Waals surface area (Å²) in [5.74, 6) is -0.766. The fourth-order valence-electron chi connectivity index (χ4n) is 3.86. The fourth-order valence-corrected chi connectivity index (χ4v) is 3.86. The molecule has 0 aromatic heterocycles. The molecule has 1 fully saturated rings. The van der Waals surface area contributed by atoms with Gasteiger partial charge in [0.05, 0.1) is 5.60 Å². The van der Waals surface area contributed by atoms with Crippen molar-refractivity contribution in [2.75, 3.05) is 0 Å². The van der Waals surface area contributed by atoms with Gasteiger partial charge in [-0.15, -0.1) is 0 Å². The highest BCUT2D eigenvalue weighted by atomic mass is 19.1. The summed E-state index contributed by atoms with van der Waals surface area (Å²) < 4.78 is 27.4. The largest absolute Gasteiger partial charge is 0.390 e. The quantitative estimate of drug-likeness (QED) is 0.856. The van der Waals surface area contributed by atoms with Crippen molar-refractivity contribution in [2.45, 2.75) is 52.1 Å². The Hall–Kier alpha value is -0.960. The molecule has 1 aromatic rings. The first-order chi connectivity index (χ1) is 8.71. The minimum Gasteiger partial charge on any atom is -0.390 e. The van der Waals surface area contributed by atoms with Crippen molar-refractivity contribution in [1.82, 2.24) is 0 Å². The van der Waals surface area contributed by atoms with Crippen LogP contribution in [0.3, 0.4) is 0 Å². The molecule has 0 saturated heterocycles. The summed E-state index contributed by atoms with van der Waals surface area (Å²) in [4.78, 5) is 0. The summed E-state index contributed by atoms with van der Waals surface area (Å²) in [7, 11) is 0. The van der Waals surface area contributed by atoms with Crippen LogP contribution < -0.4 is 0 Å². The van der Waals surface area contributed by atoms with Crippen molar-refractivity contribution in [1.29, 1.82) is 0 Å². The predicted molar refractivity (Wildman–Crippen MR) is 71.8 cm³/mol. The Kier molecular flexibility index (Phi) is 3.69. The maximum atomic E-state index is 13.7. The maximum absolute atomic E-state index is 13.7. The van der Waals surface area contributed by atoms with E-state index < -0.39 is 17.2 Å². The number of halogens is 2. The van der Waals surface area contributed by atoms with Crippen molar-refractivity contribution in [2.24, 2.45) is 11.3 Å². The molecule has 1 saturated carbocycles. The number of hydrogen-bond donors (Lipinski definition) is 1. The third-order valence-electron chi connectivity index (χ3n) is 4.00. The monoisotopic (exact) mass is 268 g/mol. The van der Waals surface area contributed by atoms with E-state index >= 15 is 0 Å². The average Bonchev–Trinajstić information content (AvgIpc) is 2.20. The third kappa shape index (κ3) is 3.33. The van der Waals surface area contributed by atoms with Crippen molar-refractivity contribution in [3.8, 4) is 0 Å². The van der Waals surface area contributed by atoms with Gasteiger partial charge in [-0.3, -0.25) is 0 Å². The Morgan fingerprint density at radius 1 is 1.21 bits per heavy atom. The predicted octanol–water partition coefficient (Wildman–Crippen LogP) is 4.08. The fraction of sp³-hybridized carbons (Fsp3) is 0.625. The van der Waals surface area contributed by atoms with Crippen molar-refractivity contribution in [3.05, 3.63) is 35.4 Å². The first-order valence-corrected chi connectivity index (χ1v) is 6.86. The van der Waals surface area contributed by atoms with Crippen LogP contribution in [0.5, 0.6) is 0 Å². The molecule has 0 aliphatic heterocycles. The Morgan fingerprint density at radius 3 is 2.32 bits per heavy atom. The van der Waals surface area contributed by atoms with Crippen molar-refractivity contribution in [3.63, 3.8) is 0 Å². The van der Waals surface area contributed by atoms with Gasteiger partial charge in [-0.2, -0.15) is 0 Å². The molecule has 0 spiro atoms. The Bertz CT molecular complexity index is 450. The molecule has 106 valence electrons. The highest BCUT2D eigenvalue weighted by Crippen LogP contribution is 2.45. The summed E-state index contributed by atoms with van der Waals surface area (Å²) >= 11 is 0. The number of benzene rings is 1. The molecule has 1 aromatic carbocycles. The lowest BCUT2D eigenvalue weighted by atomic mass is 9.64.